The van der Waals surface area contributed by atoms with E-state index in [0.29, 0.717) is 10.6 Å². The first-order chi connectivity index (χ1) is 19.5. The number of hydrogen-bond donors (Lipinski definition) is 4. The van der Waals surface area contributed by atoms with Crippen LogP contribution in [0, 0.1) is 0 Å². The number of benzene rings is 4. The first-order valence-electron chi connectivity index (χ1n) is 12.2. The number of nitrogens with one attached hydrogen (secondary N) is 4. The summed E-state index contributed by atoms with van der Waals surface area (Å²) in [6, 6.07) is 32.9. The molecular formula is C28H26N4O4P2S2+2. The third-order valence-corrected chi connectivity index (χ3v) is 10.7. The number of rotatable bonds is 11. The van der Waals surface area contributed by atoms with Gasteiger partial charge >= 0.3 is 26.1 Å². The van der Waals surface area contributed by atoms with Crippen molar-refractivity contribution in [1.29, 1.82) is 0 Å². The maximum atomic E-state index is 12.9. The van der Waals surface area contributed by atoms with E-state index in [1.54, 1.807) is 12.1 Å². The summed E-state index contributed by atoms with van der Waals surface area (Å²) < 4.78 is 30.8. The van der Waals surface area contributed by atoms with E-state index in [0.717, 1.165) is 45.4 Å². The molecule has 4 aromatic carbocycles. The zero-order valence-corrected chi connectivity index (χ0v) is 24.6. The van der Waals surface area contributed by atoms with Gasteiger partial charge in [-0.1, -0.05) is 94.1 Å². The van der Waals surface area contributed by atoms with Crippen molar-refractivity contribution in [2.45, 2.75) is 0 Å². The number of amides is 4. The minimum absolute atomic E-state index is 0.144. The van der Waals surface area contributed by atoms with Gasteiger partial charge in [-0.05, 0) is 35.4 Å². The molecule has 0 radical (unpaired) electrons. The first-order valence-corrected chi connectivity index (χ1v) is 17.5. The van der Waals surface area contributed by atoms with Crippen LogP contribution in [0.2, 0.25) is 0 Å². The van der Waals surface area contributed by atoms with Crippen LogP contribution in [-0.2, 0) is 9.13 Å². The van der Waals surface area contributed by atoms with Crippen molar-refractivity contribution in [2.24, 2.45) is 0 Å². The van der Waals surface area contributed by atoms with Crippen molar-refractivity contribution in [2.75, 3.05) is 13.1 Å². The summed E-state index contributed by atoms with van der Waals surface area (Å²) in [5, 5.41) is 6.47. The van der Waals surface area contributed by atoms with Gasteiger partial charge in [-0.2, -0.15) is 0 Å². The predicted molar refractivity (Wildman–Crippen MR) is 166 cm³/mol. The maximum Gasteiger partial charge on any atom is 0.472 e. The van der Waals surface area contributed by atoms with Gasteiger partial charge in [0.1, 0.15) is 0 Å². The molecule has 0 saturated heterocycles. The molecule has 8 nitrogen and oxygen atoms in total. The quantitative estimate of drug-likeness (QED) is 0.0896. The van der Waals surface area contributed by atoms with Crippen LogP contribution < -0.4 is 30.7 Å². The van der Waals surface area contributed by atoms with Crippen LogP contribution >= 0.6 is 37.1 Å². The number of urea groups is 2. The summed E-state index contributed by atoms with van der Waals surface area (Å²) in [7, 11) is -3.89. The van der Waals surface area contributed by atoms with Crippen molar-refractivity contribution in [3.05, 3.63) is 109 Å². The average molecular weight is 609 g/mol. The third kappa shape index (κ3) is 8.41. The maximum absolute atomic E-state index is 12.9. The Morgan fingerprint density at radius 3 is 1.27 bits per heavy atom. The van der Waals surface area contributed by atoms with Crippen LogP contribution in [0.5, 0.6) is 0 Å². The Hall–Kier alpha value is -3.68. The number of carbonyl (C=O) groups is 2. The van der Waals surface area contributed by atoms with Gasteiger partial charge in [0.05, 0.1) is 0 Å². The van der Waals surface area contributed by atoms with Gasteiger partial charge in [0.15, 0.2) is 0 Å². The Labute approximate surface area is 242 Å². The second-order valence-electron chi connectivity index (χ2n) is 8.18. The van der Waals surface area contributed by atoms with E-state index in [1.807, 2.05) is 97.1 Å². The molecular weight excluding hydrogens is 582 g/mol. The molecule has 0 bridgehead atoms. The molecule has 0 heterocycles. The van der Waals surface area contributed by atoms with Crippen LogP contribution in [0.4, 0.5) is 9.59 Å². The lowest BCUT2D eigenvalue weighted by Crippen LogP contribution is -2.40. The smallest absolute Gasteiger partial charge is 0.336 e. The normalized spacial score (nSPS) is 11.2. The second kappa shape index (κ2) is 15.2. The van der Waals surface area contributed by atoms with E-state index in [9.17, 15) is 18.7 Å². The minimum atomic E-state index is -1.95. The summed E-state index contributed by atoms with van der Waals surface area (Å²) in [6.45, 7) is 0.287. The van der Waals surface area contributed by atoms with E-state index in [1.165, 1.54) is 0 Å². The molecule has 4 N–H and O–H groups in total. The number of carbonyl (C=O) groups excluding carboxylic acids is 2. The SMILES string of the molecule is O=C(NCCNC(=O)NS[P+](=O)c1ccccc1-c1ccccc1)NS[P+](=O)c1ccccc1-c1ccccc1. The Bertz CT molecular complexity index is 1380. The van der Waals surface area contributed by atoms with Gasteiger partial charge in [-0.15, -0.1) is 0 Å². The van der Waals surface area contributed by atoms with E-state index in [4.69, 9.17) is 0 Å². The van der Waals surface area contributed by atoms with Crippen molar-refractivity contribution in [1.82, 2.24) is 20.1 Å². The Kier molecular flexibility index (Phi) is 11.1. The van der Waals surface area contributed by atoms with Gasteiger partial charge in [0, 0.05) is 24.2 Å². The Morgan fingerprint density at radius 1 is 0.525 bits per heavy atom. The highest BCUT2D eigenvalue weighted by atomic mass is 32.7. The highest BCUT2D eigenvalue weighted by Crippen LogP contribution is 2.38. The van der Waals surface area contributed by atoms with Crippen LogP contribution in [0.25, 0.3) is 22.3 Å². The molecule has 0 aliphatic heterocycles. The Morgan fingerprint density at radius 2 is 0.875 bits per heavy atom. The van der Waals surface area contributed by atoms with Crippen LogP contribution in [0.3, 0.4) is 0 Å². The molecule has 12 heteroatoms. The molecule has 0 spiro atoms. The predicted octanol–water partition coefficient (Wildman–Crippen LogP) is 6.35. The molecule has 4 rings (SSSR count). The lowest BCUT2D eigenvalue weighted by molar-refractivity contribution is 0.242. The van der Waals surface area contributed by atoms with E-state index < -0.39 is 26.1 Å². The topological polar surface area (TPSA) is 116 Å². The highest BCUT2D eigenvalue weighted by Gasteiger charge is 2.29. The molecule has 0 aliphatic carbocycles. The fourth-order valence-corrected chi connectivity index (χ4v) is 8.11. The molecule has 4 amide bonds. The fourth-order valence-electron chi connectivity index (χ4n) is 3.68. The van der Waals surface area contributed by atoms with Gasteiger partial charge in [-0.25, -0.2) is 19.0 Å². The highest BCUT2D eigenvalue weighted by molar-refractivity contribution is 8.53. The molecule has 4 aromatic rings. The molecule has 40 heavy (non-hydrogen) atoms. The third-order valence-electron chi connectivity index (χ3n) is 5.51. The average Bonchev–Trinajstić information content (AvgIpc) is 3.01. The monoisotopic (exact) mass is 608 g/mol. The standard InChI is InChI=1S/C28H24N4O4P2S2/c33-27(31-39-37(35)25-17-9-7-15-23(25)21-11-3-1-4-12-21)29-19-20-30-28(34)32-40-38(36)26-18-10-8-16-24(26)22-13-5-2-6-14-22/h1-18H,19-20H2,(H2-2,29,30,31,32,33,34)/p+2. The van der Waals surface area contributed by atoms with Gasteiger partial charge in [0.25, 0.3) is 23.1 Å². The van der Waals surface area contributed by atoms with Crippen LogP contribution in [0.1, 0.15) is 0 Å². The fraction of sp³-hybridized carbons (Fsp3) is 0.0714. The molecule has 202 valence electrons. The van der Waals surface area contributed by atoms with E-state index >= 15 is 0 Å². The van der Waals surface area contributed by atoms with Gasteiger partial charge in [0.2, 0.25) is 10.6 Å². The van der Waals surface area contributed by atoms with Crippen molar-refractivity contribution < 1.29 is 18.7 Å². The van der Waals surface area contributed by atoms with Gasteiger partial charge < -0.3 is 10.6 Å². The summed E-state index contributed by atoms with van der Waals surface area (Å²) in [4.78, 5) is 24.3. The zero-order valence-electron chi connectivity index (χ0n) is 21.2. The first kappa shape index (κ1) is 29.3. The molecule has 0 saturated carbocycles. The summed E-state index contributed by atoms with van der Waals surface area (Å²) in [5.41, 5.74) is 3.58. The summed E-state index contributed by atoms with van der Waals surface area (Å²) >= 11 is 1.66. The van der Waals surface area contributed by atoms with Crippen molar-refractivity contribution >= 4 is 59.8 Å². The molecule has 0 fully saturated rings. The second-order valence-corrected chi connectivity index (χ2v) is 14.0. The zero-order chi connectivity index (χ0) is 28.2. The van der Waals surface area contributed by atoms with E-state index in [2.05, 4.69) is 20.1 Å². The van der Waals surface area contributed by atoms with E-state index in [-0.39, 0.29) is 13.1 Å². The minimum Gasteiger partial charge on any atom is -0.336 e. The van der Waals surface area contributed by atoms with Crippen molar-refractivity contribution in [3.8, 4) is 22.3 Å². The molecule has 0 aliphatic rings. The van der Waals surface area contributed by atoms with Crippen molar-refractivity contribution in [3.63, 3.8) is 0 Å². The Balaban J connectivity index is 1.17. The largest absolute Gasteiger partial charge is 0.472 e. The summed E-state index contributed by atoms with van der Waals surface area (Å²) in [5.74, 6) is 0. The van der Waals surface area contributed by atoms with Crippen LogP contribution in [0.15, 0.2) is 109 Å². The van der Waals surface area contributed by atoms with Crippen LogP contribution in [-0.4, -0.2) is 25.2 Å². The lowest BCUT2D eigenvalue weighted by atomic mass is 10.1. The number of hydrogen-bond acceptors (Lipinski definition) is 6. The lowest BCUT2D eigenvalue weighted by Gasteiger charge is -2.06. The molecule has 0 aromatic heterocycles. The molecule has 2 atom stereocenters. The molecule has 2 unspecified atom stereocenters. The van der Waals surface area contributed by atoms with Gasteiger partial charge in [-0.3, -0.25) is 0 Å². The summed E-state index contributed by atoms with van der Waals surface area (Å²) in [6.07, 6.45) is 0.